The van der Waals surface area contributed by atoms with E-state index in [1.165, 1.54) is 12.1 Å². The van der Waals surface area contributed by atoms with Gasteiger partial charge in [-0.25, -0.2) is 0 Å². The van der Waals surface area contributed by atoms with Crippen LogP contribution in [0.4, 0.5) is 5.69 Å². The molecule has 0 aliphatic heterocycles. The molecule has 0 saturated heterocycles. The molecular weight excluding hydrogens is 369 g/mol. The number of amides is 1. The fourth-order valence-electron chi connectivity index (χ4n) is 2.32. The summed E-state index contributed by atoms with van der Waals surface area (Å²) in [6.07, 6.45) is 0. The van der Waals surface area contributed by atoms with Crippen LogP contribution in [-0.2, 0) is 4.79 Å². The first kappa shape index (κ1) is 18.9. The quantitative estimate of drug-likeness (QED) is 0.674. The minimum atomic E-state index is -0.284. The van der Waals surface area contributed by atoms with Gasteiger partial charge in [0.25, 0.3) is 5.91 Å². The van der Waals surface area contributed by atoms with Crippen molar-refractivity contribution < 1.29 is 9.53 Å². The number of nitrogens with one attached hydrogen (secondary N) is 1. The lowest BCUT2D eigenvalue weighted by Crippen LogP contribution is -2.22. The molecule has 2 aromatic rings. The highest BCUT2D eigenvalue weighted by molar-refractivity contribution is 6.40. The summed E-state index contributed by atoms with van der Waals surface area (Å²) in [5, 5.41) is 3.84. The predicted octanol–water partition coefficient (Wildman–Crippen LogP) is 6.10. The van der Waals surface area contributed by atoms with Crippen molar-refractivity contribution in [2.75, 3.05) is 11.9 Å². The second-order valence-electron chi connectivity index (χ2n) is 5.73. The number of para-hydroxylation sites is 1. The Kier molecular flexibility index (Phi) is 6.39. The van der Waals surface area contributed by atoms with Crippen LogP contribution in [0.3, 0.4) is 0 Å². The van der Waals surface area contributed by atoms with Crippen molar-refractivity contribution in [3.63, 3.8) is 0 Å². The van der Waals surface area contributed by atoms with Crippen LogP contribution in [0.15, 0.2) is 30.3 Å². The summed E-state index contributed by atoms with van der Waals surface area (Å²) >= 11 is 17.9. The highest BCUT2D eigenvalue weighted by atomic mass is 35.5. The zero-order valence-electron chi connectivity index (χ0n) is 13.6. The molecule has 0 spiro atoms. The smallest absolute Gasteiger partial charge is 0.262 e. The third kappa shape index (κ3) is 4.56. The maximum Gasteiger partial charge on any atom is 0.262 e. The maximum atomic E-state index is 12.3. The lowest BCUT2D eigenvalue weighted by molar-refractivity contribution is -0.118. The first-order valence-electron chi connectivity index (χ1n) is 7.46. The minimum Gasteiger partial charge on any atom is -0.481 e. The van der Waals surface area contributed by atoms with Crippen molar-refractivity contribution >= 4 is 46.4 Å². The van der Waals surface area contributed by atoms with E-state index in [1.807, 2.05) is 25.1 Å². The van der Waals surface area contributed by atoms with Crippen molar-refractivity contribution in [2.24, 2.45) is 0 Å². The van der Waals surface area contributed by atoms with Crippen molar-refractivity contribution in [1.82, 2.24) is 0 Å². The number of rotatable bonds is 5. The summed E-state index contributed by atoms with van der Waals surface area (Å²) in [4.78, 5) is 12.3. The van der Waals surface area contributed by atoms with Gasteiger partial charge in [-0.3, -0.25) is 4.79 Å². The Hall–Kier alpha value is -1.42. The van der Waals surface area contributed by atoms with E-state index >= 15 is 0 Å². The monoisotopic (exact) mass is 385 g/mol. The van der Waals surface area contributed by atoms with Crippen LogP contribution < -0.4 is 10.1 Å². The molecule has 128 valence electrons. The molecule has 24 heavy (non-hydrogen) atoms. The van der Waals surface area contributed by atoms with Gasteiger partial charge in [0.15, 0.2) is 12.4 Å². The van der Waals surface area contributed by atoms with Crippen molar-refractivity contribution in [3.05, 3.63) is 56.5 Å². The lowest BCUT2D eigenvalue weighted by Gasteiger charge is -2.17. The Morgan fingerprint density at radius 2 is 1.79 bits per heavy atom. The molecule has 3 nitrogen and oxygen atoms in total. The fourth-order valence-corrected chi connectivity index (χ4v) is 3.25. The number of carbonyl (C=O) groups excluding carboxylic acids is 1. The molecule has 0 aliphatic rings. The fraction of sp³-hybridized carbons (Fsp3) is 0.278. The van der Waals surface area contributed by atoms with Gasteiger partial charge < -0.3 is 10.1 Å². The summed E-state index contributed by atoms with van der Waals surface area (Å²) in [7, 11) is 0. The van der Waals surface area contributed by atoms with Crippen LogP contribution >= 0.6 is 34.8 Å². The molecule has 2 rings (SSSR count). The first-order chi connectivity index (χ1) is 11.3. The average molecular weight is 387 g/mol. The van der Waals surface area contributed by atoms with Crippen LogP contribution in [0.5, 0.6) is 5.75 Å². The normalized spacial score (nSPS) is 10.8. The molecule has 0 radical (unpaired) electrons. The molecule has 2 aromatic carbocycles. The van der Waals surface area contributed by atoms with Crippen LogP contribution in [-0.4, -0.2) is 12.5 Å². The van der Waals surface area contributed by atoms with E-state index in [2.05, 4.69) is 19.2 Å². The Bertz CT molecular complexity index is 737. The average Bonchev–Trinajstić information content (AvgIpc) is 2.47. The first-order valence-corrected chi connectivity index (χ1v) is 8.59. The van der Waals surface area contributed by atoms with E-state index in [0.717, 1.165) is 16.8 Å². The molecule has 0 bridgehead atoms. The van der Waals surface area contributed by atoms with E-state index < -0.39 is 0 Å². The molecule has 0 unspecified atom stereocenters. The Balaban J connectivity index is 2.10. The van der Waals surface area contributed by atoms with Gasteiger partial charge in [0.2, 0.25) is 0 Å². The summed E-state index contributed by atoms with van der Waals surface area (Å²) < 4.78 is 5.46. The summed E-state index contributed by atoms with van der Waals surface area (Å²) in [6.45, 7) is 5.91. The van der Waals surface area contributed by atoms with Gasteiger partial charge in [-0.2, -0.15) is 0 Å². The number of carbonyl (C=O) groups is 1. The van der Waals surface area contributed by atoms with E-state index in [4.69, 9.17) is 39.5 Å². The van der Waals surface area contributed by atoms with Crippen LogP contribution in [0.25, 0.3) is 0 Å². The Morgan fingerprint density at radius 1 is 1.17 bits per heavy atom. The minimum absolute atomic E-state index is 0.201. The number of ether oxygens (including phenoxy) is 1. The van der Waals surface area contributed by atoms with Gasteiger partial charge in [-0.05, 0) is 36.1 Å². The molecule has 0 heterocycles. The highest BCUT2D eigenvalue weighted by Crippen LogP contribution is 2.35. The van der Waals surface area contributed by atoms with E-state index in [-0.39, 0.29) is 28.3 Å². The topological polar surface area (TPSA) is 38.3 Å². The molecule has 6 heteroatoms. The van der Waals surface area contributed by atoms with Crippen LogP contribution in [0, 0.1) is 6.92 Å². The Morgan fingerprint density at radius 3 is 2.38 bits per heavy atom. The zero-order valence-corrected chi connectivity index (χ0v) is 15.9. The van der Waals surface area contributed by atoms with Crippen molar-refractivity contribution in [3.8, 4) is 5.75 Å². The molecule has 0 aliphatic carbocycles. The van der Waals surface area contributed by atoms with E-state index in [9.17, 15) is 4.79 Å². The van der Waals surface area contributed by atoms with Gasteiger partial charge in [-0.15, -0.1) is 0 Å². The molecule has 1 amide bonds. The highest BCUT2D eigenvalue weighted by Gasteiger charge is 2.14. The number of hydrogen-bond acceptors (Lipinski definition) is 2. The summed E-state index contributed by atoms with van der Waals surface area (Å²) in [6, 6.07) is 8.96. The number of halogens is 3. The Labute approximate surface area is 156 Å². The molecule has 1 N–H and O–H groups in total. The van der Waals surface area contributed by atoms with E-state index in [0.29, 0.717) is 10.9 Å². The molecule has 0 saturated carbocycles. The van der Waals surface area contributed by atoms with Crippen LogP contribution in [0.2, 0.25) is 15.1 Å². The van der Waals surface area contributed by atoms with Gasteiger partial charge in [0.05, 0.1) is 10.0 Å². The lowest BCUT2D eigenvalue weighted by atomic mass is 9.98. The standard InChI is InChI=1S/C18H18Cl3NO2/c1-10(2)13-6-4-5-11(3)17(13)22-16(23)9-24-18-14(20)7-12(19)8-15(18)21/h4-8,10H,9H2,1-3H3,(H,22,23). The summed E-state index contributed by atoms with van der Waals surface area (Å²) in [5.74, 6) is 0.251. The van der Waals surface area contributed by atoms with Gasteiger partial charge in [0.1, 0.15) is 0 Å². The number of anilines is 1. The third-order valence-electron chi connectivity index (χ3n) is 3.50. The van der Waals surface area contributed by atoms with E-state index in [1.54, 1.807) is 0 Å². The molecular formula is C18H18Cl3NO2. The predicted molar refractivity (Wildman–Crippen MR) is 101 cm³/mol. The molecule has 0 atom stereocenters. The second kappa shape index (κ2) is 8.11. The zero-order chi connectivity index (χ0) is 17.9. The number of benzene rings is 2. The largest absolute Gasteiger partial charge is 0.481 e. The number of hydrogen-bond donors (Lipinski definition) is 1. The maximum absolute atomic E-state index is 12.3. The number of aryl methyl sites for hydroxylation is 1. The third-order valence-corrected chi connectivity index (χ3v) is 4.28. The summed E-state index contributed by atoms with van der Waals surface area (Å²) in [5.41, 5.74) is 2.89. The van der Waals surface area contributed by atoms with Gasteiger partial charge in [-0.1, -0.05) is 66.8 Å². The second-order valence-corrected chi connectivity index (χ2v) is 6.98. The molecule has 0 fully saturated rings. The van der Waals surface area contributed by atoms with Gasteiger partial charge in [0, 0.05) is 10.7 Å². The van der Waals surface area contributed by atoms with Crippen molar-refractivity contribution in [1.29, 1.82) is 0 Å². The van der Waals surface area contributed by atoms with Crippen molar-refractivity contribution in [2.45, 2.75) is 26.7 Å². The van der Waals surface area contributed by atoms with Gasteiger partial charge >= 0.3 is 0 Å². The SMILES string of the molecule is Cc1cccc(C(C)C)c1NC(=O)COc1c(Cl)cc(Cl)cc1Cl. The van der Waals surface area contributed by atoms with Crippen LogP contribution in [0.1, 0.15) is 30.9 Å². The molecule has 0 aromatic heterocycles.